The number of benzene rings is 2. The van der Waals surface area contributed by atoms with E-state index in [1.165, 1.54) is 0 Å². The third kappa shape index (κ3) is 5.53. The van der Waals surface area contributed by atoms with Crippen LogP contribution in [-0.4, -0.2) is 38.5 Å². The van der Waals surface area contributed by atoms with Crippen molar-refractivity contribution in [1.29, 1.82) is 0 Å². The Labute approximate surface area is 191 Å². The normalized spacial score (nSPS) is 19.7. The van der Waals surface area contributed by atoms with Crippen molar-refractivity contribution in [2.75, 3.05) is 28.0 Å². The number of ether oxygens (including phenoxy) is 1. The van der Waals surface area contributed by atoms with Gasteiger partial charge in [-0.25, -0.2) is 12.8 Å². The van der Waals surface area contributed by atoms with Crippen LogP contribution in [0.4, 0.5) is 21.5 Å². The van der Waals surface area contributed by atoms with Crippen molar-refractivity contribution in [3.8, 4) is 0 Å². The smallest absolute Gasteiger partial charge is 0.237 e. The number of rotatable bonds is 6. The van der Waals surface area contributed by atoms with Gasteiger partial charge in [-0.3, -0.25) is 4.72 Å². The quantitative estimate of drug-likeness (QED) is 0.638. The first-order valence-electron chi connectivity index (χ1n) is 10.9. The lowest BCUT2D eigenvalue weighted by molar-refractivity contribution is -0.00526. The van der Waals surface area contributed by atoms with Crippen LogP contribution in [0.15, 0.2) is 36.4 Å². The van der Waals surface area contributed by atoms with Gasteiger partial charge in [0, 0.05) is 36.6 Å². The average molecular weight is 464 g/mol. The lowest BCUT2D eigenvalue weighted by atomic mass is 10.1. The molecule has 2 aromatic rings. The Morgan fingerprint density at radius 3 is 2.22 bits per heavy atom. The SMILES string of the molecule is Cc1c(N2CC(C)OC(C)C2)ccc(NCc2ccc(NS(=O)(=O)C(C)(C)C)cc2)c1F. The molecule has 0 amide bonds. The number of sulfonamides is 1. The van der Waals surface area contributed by atoms with E-state index >= 15 is 4.39 Å². The molecule has 0 saturated carbocycles. The number of halogens is 1. The summed E-state index contributed by atoms with van der Waals surface area (Å²) >= 11 is 0. The molecule has 1 fully saturated rings. The Bertz CT molecular complexity index is 1040. The van der Waals surface area contributed by atoms with Crippen LogP contribution in [0.25, 0.3) is 0 Å². The van der Waals surface area contributed by atoms with Crippen LogP contribution in [0.5, 0.6) is 0 Å². The van der Waals surface area contributed by atoms with Gasteiger partial charge in [-0.05, 0) is 71.4 Å². The maximum atomic E-state index is 15.1. The Balaban J connectivity index is 1.66. The molecule has 2 aromatic carbocycles. The molecule has 2 unspecified atom stereocenters. The van der Waals surface area contributed by atoms with E-state index in [9.17, 15) is 8.42 Å². The summed E-state index contributed by atoms with van der Waals surface area (Å²) in [6, 6.07) is 10.8. The van der Waals surface area contributed by atoms with Gasteiger partial charge in [-0.2, -0.15) is 0 Å². The molecule has 1 aliphatic heterocycles. The molecule has 0 bridgehead atoms. The van der Waals surface area contributed by atoms with Gasteiger partial charge in [0.1, 0.15) is 0 Å². The first-order valence-corrected chi connectivity index (χ1v) is 12.4. The van der Waals surface area contributed by atoms with Gasteiger partial charge in [-0.15, -0.1) is 0 Å². The minimum atomic E-state index is -3.48. The maximum Gasteiger partial charge on any atom is 0.237 e. The van der Waals surface area contributed by atoms with E-state index < -0.39 is 14.8 Å². The van der Waals surface area contributed by atoms with E-state index in [0.717, 1.165) is 24.3 Å². The van der Waals surface area contributed by atoms with Crippen molar-refractivity contribution in [3.63, 3.8) is 0 Å². The summed E-state index contributed by atoms with van der Waals surface area (Å²) < 4.78 is 47.1. The first-order chi connectivity index (χ1) is 14.9. The minimum absolute atomic E-state index is 0.106. The molecule has 2 atom stereocenters. The largest absolute Gasteiger partial charge is 0.379 e. The fraction of sp³-hybridized carbons (Fsp3) is 0.500. The molecule has 3 rings (SSSR count). The molecular weight excluding hydrogens is 429 g/mol. The molecule has 1 saturated heterocycles. The second-order valence-corrected chi connectivity index (χ2v) is 11.9. The van der Waals surface area contributed by atoms with Crippen LogP contribution in [0.1, 0.15) is 45.7 Å². The number of nitrogens with one attached hydrogen (secondary N) is 2. The van der Waals surface area contributed by atoms with E-state index in [0.29, 0.717) is 23.5 Å². The Morgan fingerprint density at radius 2 is 1.66 bits per heavy atom. The molecule has 0 radical (unpaired) electrons. The molecule has 0 spiro atoms. The number of anilines is 3. The zero-order valence-corrected chi connectivity index (χ0v) is 20.5. The Kier molecular flexibility index (Phi) is 7.05. The first kappa shape index (κ1) is 24.3. The van der Waals surface area contributed by atoms with Gasteiger partial charge in [0.15, 0.2) is 5.82 Å². The number of nitrogens with zero attached hydrogens (tertiary/aromatic N) is 1. The molecule has 176 valence electrons. The van der Waals surface area contributed by atoms with Crippen molar-refractivity contribution in [3.05, 3.63) is 53.3 Å². The summed E-state index contributed by atoms with van der Waals surface area (Å²) in [7, 11) is -3.48. The maximum absolute atomic E-state index is 15.1. The van der Waals surface area contributed by atoms with Gasteiger partial charge in [0.05, 0.1) is 22.6 Å². The van der Waals surface area contributed by atoms with Crippen molar-refractivity contribution < 1.29 is 17.5 Å². The molecule has 32 heavy (non-hydrogen) atoms. The molecule has 1 heterocycles. The third-order valence-electron chi connectivity index (χ3n) is 5.61. The molecule has 1 aliphatic rings. The highest BCUT2D eigenvalue weighted by molar-refractivity contribution is 7.94. The molecule has 6 nitrogen and oxygen atoms in total. The summed E-state index contributed by atoms with van der Waals surface area (Å²) in [6.07, 6.45) is 0.213. The molecule has 0 aromatic heterocycles. The van der Waals surface area contributed by atoms with E-state index in [4.69, 9.17) is 4.74 Å². The van der Waals surface area contributed by atoms with Crippen molar-refractivity contribution in [1.82, 2.24) is 0 Å². The minimum Gasteiger partial charge on any atom is -0.379 e. The predicted octanol–water partition coefficient (Wildman–Crippen LogP) is 4.90. The number of morpholine rings is 1. The standard InChI is InChI=1S/C24H34FN3O3S/c1-16-14-28(15-17(2)31-16)22-12-11-21(23(25)18(22)3)26-13-19-7-9-20(10-8-19)27-32(29,30)24(4,5)6/h7-12,16-17,26-27H,13-15H2,1-6H3. The van der Waals surface area contributed by atoms with Gasteiger partial charge in [-0.1, -0.05) is 12.1 Å². The second kappa shape index (κ2) is 9.27. The fourth-order valence-electron chi connectivity index (χ4n) is 3.72. The summed E-state index contributed by atoms with van der Waals surface area (Å²) in [4.78, 5) is 2.18. The zero-order chi connectivity index (χ0) is 23.7. The van der Waals surface area contributed by atoms with Gasteiger partial charge < -0.3 is 15.0 Å². The fourth-order valence-corrected chi connectivity index (χ4v) is 4.48. The van der Waals surface area contributed by atoms with Crippen LogP contribution in [0.2, 0.25) is 0 Å². The summed E-state index contributed by atoms with van der Waals surface area (Å²) in [5.74, 6) is -0.260. The number of hydrogen-bond donors (Lipinski definition) is 2. The predicted molar refractivity (Wildman–Crippen MR) is 129 cm³/mol. The van der Waals surface area contributed by atoms with E-state index in [-0.39, 0.29) is 18.0 Å². The lowest BCUT2D eigenvalue weighted by Gasteiger charge is -2.37. The highest BCUT2D eigenvalue weighted by Crippen LogP contribution is 2.30. The molecule has 0 aliphatic carbocycles. The second-order valence-electron chi connectivity index (χ2n) is 9.50. The van der Waals surface area contributed by atoms with E-state index in [1.54, 1.807) is 45.9 Å². The molecular formula is C24H34FN3O3S. The van der Waals surface area contributed by atoms with Crippen LogP contribution in [0.3, 0.4) is 0 Å². The van der Waals surface area contributed by atoms with Crippen LogP contribution < -0.4 is 14.9 Å². The highest BCUT2D eigenvalue weighted by atomic mass is 32.2. The zero-order valence-electron chi connectivity index (χ0n) is 19.7. The van der Waals surface area contributed by atoms with E-state index in [1.807, 2.05) is 32.0 Å². The average Bonchev–Trinajstić information content (AvgIpc) is 2.68. The topological polar surface area (TPSA) is 70.7 Å². The summed E-state index contributed by atoms with van der Waals surface area (Å²) in [5, 5.41) is 3.15. The van der Waals surface area contributed by atoms with Crippen molar-refractivity contribution in [2.24, 2.45) is 0 Å². The molecule has 8 heteroatoms. The van der Waals surface area contributed by atoms with Crippen LogP contribution in [0, 0.1) is 12.7 Å². The van der Waals surface area contributed by atoms with E-state index in [2.05, 4.69) is 14.9 Å². The summed E-state index contributed by atoms with van der Waals surface area (Å²) in [6.45, 7) is 12.7. The lowest BCUT2D eigenvalue weighted by Crippen LogP contribution is -2.45. The summed E-state index contributed by atoms with van der Waals surface area (Å²) in [5.41, 5.74) is 3.37. The van der Waals surface area contributed by atoms with Gasteiger partial charge in [0.25, 0.3) is 0 Å². The van der Waals surface area contributed by atoms with Crippen LogP contribution in [-0.2, 0) is 21.3 Å². The van der Waals surface area contributed by atoms with Crippen molar-refractivity contribution >= 4 is 27.1 Å². The van der Waals surface area contributed by atoms with Gasteiger partial charge >= 0.3 is 0 Å². The van der Waals surface area contributed by atoms with Gasteiger partial charge in [0.2, 0.25) is 10.0 Å². The monoisotopic (exact) mass is 463 g/mol. The highest BCUT2D eigenvalue weighted by Gasteiger charge is 2.29. The van der Waals surface area contributed by atoms with Crippen LogP contribution >= 0.6 is 0 Å². The number of hydrogen-bond acceptors (Lipinski definition) is 5. The molecule has 2 N–H and O–H groups in total. The van der Waals surface area contributed by atoms with Crippen molar-refractivity contribution in [2.45, 2.75) is 65.0 Å². The third-order valence-corrected chi connectivity index (χ3v) is 7.73. The Hall–Kier alpha value is -2.32. The Morgan fingerprint density at radius 1 is 1.06 bits per heavy atom.